The highest BCUT2D eigenvalue weighted by Crippen LogP contribution is 2.22. The molecule has 0 bridgehead atoms. The first-order valence-electron chi connectivity index (χ1n) is 7.07. The monoisotopic (exact) mass is 341 g/mol. The van der Waals surface area contributed by atoms with E-state index in [0.29, 0.717) is 5.56 Å². The van der Waals surface area contributed by atoms with Crippen LogP contribution in [0.3, 0.4) is 0 Å². The van der Waals surface area contributed by atoms with Crippen LogP contribution in [-0.2, 0) is 0 Å². The summed E-state index contributed by atoms with van der Waals surface area (Å²) in [4.78, 5) is 28.2. The van der Waals surface area contributed by atoms with Gasteiger partial charge in [0.15, 0.2) is 5.78 Å². The van der Waals surface area contributed by atoms with E-state index in [0.717, 1.165) is 17.0 Å². The number of aromatic hydroxyl groups is 1. The minimum absolute atomic E-state index is 0.222. The Kier molecular flexibility index (Phi) is 4.18. The van der Waals surface area contributed by atoms with Crippen molar-refractivity contribution in [2.75, 3.05) is 0 Å². The van der Waals surface area contributed by atoms with E-state index in [-0.39, 0.29) is 10.9 Å². The van der Waals surface area contributed by atoms with E-state index in [4.69, 9.17) is 16.0 Å². The van der Waals surface area contributed by atoms with Crippen LogP contribution in [0, 0.1) is 6.92 Å². The van der Waals surface area contributed by atoms with Gasteiger partial charge in [0.25, 0.3) is 0 Å². The van der Waals surface area contributed by atoms with Crippen LogP contribution in [0.2, 0.25) is 5.15 Å². The Morgan fingerprint density at radius 3 is 2.79 bits per heavy atom. The Balaban J connectivity index is 1.98. The summed E-state index contributed by atoms with van der Waals surface area (Å²) in [6.45, 7) is 1.51. The van der Waals surface area contributed by atoms with E-state index >= 15 is 0 Å². The average Bonchev–Trinajstić information content (AvgIpc) is 2.51. The largest absolute Gasteiger partial charge is 0.507 e. The highest BCUT2D eigenvalue weighted by atomic mass is 35.5. The SMILES string of the molecule is Cc1cc(O)c(C(=O)/C=C/c2cc3ccccc3nc2Cl)c(=O)o1. The lowest BCUT2D eigenvalue weighted by Crippen LogP contribution is -2.12. The van der Waals surface area contributed by atoms with Crippen molar-refractivity contribution in [3.63, 3.8) is 0 Å². The highest BCUT2D eigenvalue weighted by molar-refractivity contribution is 6.31. The van der Waals surface area contributed by atoms with Crippen LogP contribution < -0.4 is 5.63 Å². The number of ketones is 1. The van der Waals surface area contributed by atoms with Gasteiger partial charge in [0.1, 0.15) is 22.2 Å². The normalized spacial score (nSPS) is 11.2. The molecule has 2 heterocycles. The summed E-state index contributed by atoms with van der Waals surface area (Å²) in [7, 11) is 0. The molecule has 1 aromatic carbocycles. The maximum atomic E-state index is 12.2. The van der Waals surface area contributed by atoms with Crippen molar-refractivity contribution in [1.29, 1.82) is 0 Å². The standard InChI is InChI=1S/C18H12ClNO4/c1-10-8-15(22)16(18(23)24-10)14(21)7-6-12-9-11-4-2-3-5-13(11)20-17(12)19/h2-9,22H,1H3/b7-6+. The number of halogens is 1. The third-order valence-electron chi connectivity index (χ3n) is 3.42. The second kappa shape index (κ2) is 6.29. The quantitative estimate of drug-likeness (QED) is 0.446. The van der Waals surface area contributed by atoms with Gasteiger partial charge in [0.05, 0.1) is 5.52 Å². The molecule has 1 N–H and O–H groups in total. The predicted molar refractivity (Wildman–Crippen MR) is 91.5 cm³/mol. The molecule has 0 atom stereocenters. The van der Waals surface area contributed by atoms with Crippen LogP contribution in [-0.4, -0.2) is 15.9 Å². The number of hydrogen-bond acceptors (Lipinski definition) is 5. The van der Waals surface area contributed by atoms with Crippen molar-refractivity contribution in [2.24, 2.45) is 0 Å². The van der Waals surface area contributed by atoms with Gasteiger partial charge in [0, 0.05) is 17.0 Å². The molecular weight excluding hydrogens is 330 g/mol. The summed E-state index contributed by atoms with van der Waals surface area (Å²) in [6.07, 6.45) is 2.60. The van der Waals surface area contributed by atoms with Crippen molar-refractivity contribution in [3.8, 4) is 5.75 Å². The summed E-state index contributed by atoms with van der Waals surface area (Å²) in [5.74, 6) is -0.869. The van der Waals surface area contributed by atoms with E-state index in [9.17, 15) is 14.7 Å². The van der Waals surface area contributed by atoms with Crippen LogP contribution in [0.4, 0.5) is 0 Å². The lowest BCUT2D eigenvalue weighted by molar-refractivity contribution is 0.104. The summed E-state index contributed by atoms with van der Waals surface area (Å²) in [5.41, 5.74) is -0.0332. The molecule has 2 aromatic heterocycles. The second-order valence-electron chi connectivity index (χ2n) is 5.16. The van der Waals surface area contributed by atoms with Gasteiger partial charge in [-0.2, -0.15) is 0 Å². The number of aromatic nitrogens is 1. The number of rotatable bonds is 3. The molecule has 120 valence electrons. The number of benzene rings is 1. The van der Waals surface area contributed by atoms with Gasteiger partial charge >= 0.3 is 5.63 Å². The molecule has 0 amide bonds. The lowest BCUT2D eigenvalue weighted by atomic mass is 10.1. The number of carbonyl (C=O) groups excluding carboxylic acids is 1. The number of allylic oxidation sites excluding steroid dienone is 1. The molecule has 0 aliphatic heterocycles. The third kappa shape index (κ3) is 3.07. The van der Waals surface area contributed by atoms with Gasteiger partial charge in [-0.05, 0) is 31.2 Å². The Hall–Kier alpha value is -2.92. The molecule has 3 aromatic rings. The molecule has 0 spiro atoms. The fourth-order valence-electron chi connectivity index (χ4n) is 2.30. The van der Waals surface area contributed by atoms with E-state index in [2.05, 4.69) is 4.98 Å². The van der Waals surface area contributed by atoms with Gasteiger partial charge in [-0.15, -0.1) is 0 Å². The first-order valence-corrected chi connectivity index (χ1v) is 7.45. The van der Waals surface area contributed by atoms with Gasteiger partial charge < -0.3 is 9.52 Å². The van der Waals surface area contributed by atoms with Gasteiger partial charge in [-0.1, -0.05) is 29.8 Å². The molecule has 0 radical (unpaired) electrons. The molecular formula is C18H12ClNO4. The van der Waals surface area contributed by atoms with E-state index in [1.165, 1.54) is 19.1 Å². The average molecular weight is 342 g/mol. The van der Waals surface area contributed by atoms with Crippen molar-refractivity contribution in [2.45, 2.75) is 6.92 Å². The molecule has 0 unspecified atom stereocenters. The lowest BCUT2D eigenvalue weighted by Gasteiger charge is -2.02. The fourth-order valence-corrected chi connectivity index (χ4v) is 2.51. The van der Waals surface area contributed by atoms with Gasteiger partial charge in [-0.25, -0.2) is 9.78 Å². The predicted octanol–water partition coefficient (Wildman–Crippen LogP) is 3.75. The number of nitrogens with zero attached hydrogens (tertiary/aromatic N) is 1. The third-order valence-corrected chi connectivity index (χ3v) is 3.72. The maximum Gasteiger partial charge on any atom is 0.351 e. The smallest absolute Gasteiger partial charge is 0.351 e. The number of para-hydroxylation sites is 1. The summed E-state index contributed by atoms with van der Waals surface area (Å²) < 4.78 is 4.83. The second-order valence-corrected chi connectivity index (χ2v) is 5.52. The van der Waals surface area contributed by atoms with Gasteiger partial charge in [-0.3, -0.25) is 4.79 Å². The van der Waals surface area contributed by atoms with Crippen molar-refractivity contribution >= 4 is 34.4 Å². The van der Waals surface area contributed by atoms with Crippen LogP contribution in [0.25, 0.3) is 17.0 Å². The first-order chi connectivity index (χ1) is 11.5. The highest BCUT2D eigenvalue weighted by Gasteiger charge is 2.16. The number of pyridine rings is 1. The number of fused-ring (bicyclic) bond motifs is 1. The minimum atomic E-state index is -0.884. The summed E-state index contributed by atoms with van der Waals surface area (Å²) >= 11 is 6.11. The van der Waals surface area contributed by atoms with Crippen LogP contribution in [0.15, 0.2) is 51.7 Å². The fraction of sp³-hybridized carbons (Fsp3) is 0.0556. The Bertz CT molecular complexity index is 1040. The number of aryl methyl sites for hydroxylation is 1. The first kappa shape index (κ1) is 16.0. The van der Waals surface area contributed by atoms with E-state index < -0.39 is 22.7 Å². The van der Waals surface area contributed by atoms with Crippen molar-refractivity contribution < 1.29 is 14.3 Å². The van der Waals surface area contributed by atoms with Crippen molar-refractivity contribution in [1.82, 2.24) is 4.98 Å². The maximum absolute atomic E-state index is 12.2. The molecule has 24 heavy (non-hydrogen) atoms. The van der Waals surface area contributed by atoms with Crippen LogP contribution in [0.5, 0.6) is 5.75 Å². The Labute approximate surface area is 141 Å². The molecule has 0 fully saturated rings. The summed E-state index contributed by atoms with van der Waals surface area (Å²) in [5, 5.41) is 10.9. The molecule has 3 rings (SSSR count). The zero-order valence-corrected chi connectivity index (χ0v) is 13.4. The Morgan fingerprint density at radius 1 is 1.29 bits per heavy atom. The van der Waals surface area contributed by atoms with Crippen molar-refractivity contribution in [3.05, 3.63) is 74.9 Å². The minimum Gasteiger partial charge on any atom is -0.507 e. The van der Waals surface area contributed by atoms with Crippen LogP contribution in [0.1, 0.15) is 21.7 Å². The molecule has 0 aliphatic rings. The number of carbonyl (C=O) groups is 1. The number of hydrogen-bond donors (Lipinski definition) is 1. The molecule has 0 aliphatic carbocycles. The molecule has 6 heteroatoms. The van der Waals surface area contributed by atoms with Crippen LogP contribution >= 0.6 is 11.6 Å². The van der Waals surface area contributed by atoms with E-state index in [1.807, 2.05) is 24.3 Å². The van der Waals surface area contributed by atoms with Gasteiger partial charge in [0.2, 0.25) is 0 Å². The van der Waals surface area contributed by atoms with E-state index in [1.54, 1.807) is 6.07 Å². The molecule has 0 saturated carbocycles. The Morgan fingerprint density at radius 2 is 2.04 bits per heavy atom. The zero-order chi connectivity index (χ0) is 17.3. The molecule has 0 saturated heterocycles. The summed E-state index contributed by atoms with van der Waals surface area (Å²) in [6, 6.07) is 10.4. The topological polar surface area (TPSA) is 80.4 Å². The molecule has 5 nitrogen and oxygen atoms in total. The zero-order valence-electron chi connectivity index (χ0n) is 12.6.